The highest BCUT2D eigenvalue weighted by molar-refractivity contribution is 7.47. The Labute approximate surface area is 219 Å². The fraction of sp³-hybridized carbons (Fsp3) is 0.714. The largest absolute Gasteiger partial charge is 0.472 e. The van der Waals surface area contributed by atoms with Gasteiger partial charge in [-0.1, -0.05) is 5.21 Å². The lowest BCUT2D eigenvalue weighted by molar-refractivity contribution is -0.145. The van der Waals surface area contributed by atoms with Crippen LogP contribution >= 0.6 is 7.82 Å². The highest BCUT2D eigenvalue weighted by atomic mass is 31.2. The smallest absolute Gasteiger partial charge is 0.464 e. The van der Waals surface area contributed by atoms with Crippen molar-refractivity contribution >= 4 is 32.7 Å². The number of phosphoric ester groups is 1. The van der Waals surface area contributed by atoms with E-state index in [0.717, 1.165) is 0 Å². The molecule has 1 heterocycles. The Morgan fingerprint density at radius 1 is 1.00 bits per heavy atom. The van der Waals surface area contributed by atoms with E-state index in [1.54, 1.807) is 10.9 Å². The summed E-state index contributed by atoms with van der Waals surface area (Å²) in [5.74, 6) is -0.950. The van der Waals surface area contributed by atoms with Crippen molar-refractivity contribution in [2.24, 2.45) is 0 Å². The summed E-state index contributed by atoms with van der Waals surface area (Å²) in [7, 11) is -4.48. The highest BCUT2D eigenvalue weighted by Crippen LogP contribution is 2.43. The molecule has 0 amide bonds. The van der Waals surface area contributed by atoms with E-state index in [9.17, 15) is 28.6 Å². The summed E-state index contributed by atoms with van der Waals surface area (Å²) in [6.45, 7) is 3.36. The van der Waals surface area contributed by atoms with Gasteiger partial charge in [0, 0.05) is 25.5 Å². The molecule has 1 N–H and O–H groups in total. The van der Waals surface area contributed by atoms with Crippen LogP contribution in [0.3, 0.4) is 0 Å². The van der Waals surface area contributed by atoms with Crippen molar-refractivity contribution in [3.8, 4) is 0 Å². The maximum Gasteiger partial charge on any atom is 0.472 e. The molecule has 0 saturated carbocycles. The van der Waals surface area contributed by atoms with Gasteiger partial charge in [0.1, 0.15) is 25.5 Å². The molecule has 216 valence electrons. The van der Waals surface area contributed by atoms with Gasteiger partial charge in [0.25, 0.3) is 12.9 Å². The number of hydrogen-bond donors (Lipinski definition) is 1. The van der Waals surface area contributed by atoms with Gasteiger partial charge >= 0.3 is 19.8 Å². The van der Waals surface area contributed by atoms with Gasteiger partial charge < -0.3 is 28.6 Å². The summed E-state index contributed by atoms with van der Waals surface area (Å²) in [5.41, 5.74) is 0.563. The number of carbonyl (C=O) groups is 4. The molecule has 1 rings (SSSR count). The van der Waals surface area contributed by atoms with E-state index < -0.39 is 26.5 Å². The summed E-state index contributed by atoms with van der Waals surface area (Å²) in [4.78, 5) is 53.6. The molecule has 38 heavy (non-hydrogen) atoms. The lowest BCUT2D eigenvalue weighted by Gasteiger charge is -2.16. The molecule has 0 aliphatic carbocycles. The number of phosphoric acid groups is 1. The van der Waals surface area contributed by atoms with Crippen LogP contribution in [0.15, 0.2) is 6.20 Å². The zero-order chi connectivity index (χ0) is 28.2. The van der Waals surface area contributed by atoms with Gasteiger partial charge in [0.15, 0.2) is 6.10 Å². The number of nitrogens with zero attached hydrogens (tertiary/aromatic N) is 3. The molecule has 17 heteroatoms. The second kappa shape index (κ2) is 19.2. The van der Waals surface area contributed by atoms with Crippen molar-refractivity contribution < 1.29 is 61.4 Å². The minimum Gasteiger partial charge on any atom is -0.464 e. The van der Waals surface area contributed by atoms with Gasteiger partial charge in [-0.2, -0.15) is 0 Å². The van der Waals surface area contributed by atoms with Crippen molar-refractivity contribution in [2.45, 2.75) is 58.3 Å². The summed E-state index contributed by atoms with van der Waals surface area (Å²) < 4.78 is 47.2. The predicted octanol–water partition coefficient (Wildman–Crippen LogP) is 0.871. The second-order valence-electron chi connectivity index (χ2n) is 7.87. The van der Waals surface area contributed by atoms with Gasteiger partial charge in [0.2, 0.25) is 0 Å². The number of hydrogen-bond acceptors (Lipinski definition) is 14. The molecule has 0 fully saturated rings. The van der Waals surface area contributed by atoms with Crippen LogP contribution in [0.5, 0.6) is 0 Å². The van der Waals surface area contributed by atoms with Crippen LogP contribution in [0.25, 0.3) is 0 Å². The summed E-state index contributed by atoms with van der Waals surface area (Å²) in [6.07, 6.45) is 1.21. The Kier molecular flexibility index (Phi) is 16.7. The molecule has 1 aromatic rings. The van der Waals surface area contributed by atoms with E-state index in [4.69, 9.17) is 18.7 Å². The first-order valence-electron chi connectivity index (χ1n) is 11.7. The molecular weight excluding hydrogens is 533 g/mol. The maximum atomic E-state index is 11.8. The quantitative estimate of drug-likeness (QED) is 0.0641. The van der Waals surface area contributed by atoms with E-state index in [2.05, 4.69) is 24.3 Å². The van der Waals surface area contributed by atoms with E-state index in [1.807, 2.05) is 13.8 Å². The third-order valence-electron chi connectivity index (χ3n) is 4.43. The predicted molar refractivity (Wildman–Crippen MR) is 125 cm³/mol. The van der Waals surface area contributed by atoms with Crippen LogP contribution < -0.4 is 0 Å². The molecule has 1 aromatic heterocycles. The molecule has 16 nitrogen and oxygen atoms in total. The zero-order valence-electron chi connectivity index (χ0n) is 21.3. The van der Waals surface area contributed by atoms with E-state index in [0.29, 0.717) is 12.1 Å². The summed E-state index contributed by atoms with van der Waals surface area (Å²) >= 11 is 0. The number of esters is 2. The van der Waals surface area contributed by atoms with Crippen molar-refractivity contribution in [1.29, 1.82) is 0 Å². The number of carbonyl (C=O) groups excluding carboxylic acids is 4. The van der Waals surface area contributed by atoms with E-state index >= 15 is 0 Å². The van der Waals surface area contributed by atoms with Crippen LogP contribution in [0.4, 0.5) is 0 Å². The molecule has 0 aromatic carbocycles. The van der Waals surface area contributed by atoms with Crippen LogP contribution in [0.1, 0.15) is 51.3 Å². The summed E-state index contributed by atoms with van der Waals surface area (Å²) in [5, 5.41) is 7.85. The minimum absolute atomic E-state index is 0.00175. The molecular formula is C21H34N3O13P. The fourth-order valence-corrected chi connectivity index (χ4v) is 3.32. The molecule has 0 aliphatic rings. The number of aromatic nitrogens is 3. The Bertz CT molecular complexity index is 895. The molecule has 0 saturated heterocycles. The Balaban J connectivity index is 2.02. The maximum absolute atomic E-state index is 11.8. The number of ether oxygens (including phenoxy) is 5. The van der Waals surface area contributed by atoms with Crippen LogP contribution in [-0.4, -0.2) is 90.5 Å². The zero-order valence-corrected chi connectivity index (χ0v) is 22.2. The number of rotatable bonds is 23. The molecule has 0 bridgehead atoms. The average Bonchev–Trinajstić information content (AvgIpc) is 3.36. The minimum atomic E-state index is -4.48. The fourth-order valence-electron chi connectivity index (χ4n) is 2.53. The third kappa shape index (κ3) is 16.0. The molecule has 2 atom stereocenters. The Hall–Kier alpha value is -2.91. The first kappa shape index (κ1) is 33.1. The van der Waals surface area contributed by atoms with Crippen LogP contribution in [-0.2, 0) is 63.1 Å². The first-order valence-corrected chi connectivity index (χ1v) is 13.2. The van der Waals surface area contributed by atoms with Crippen molar-refractivity contribution in [3.63, 3.8) is 0 Å². The average molecular weight is 567 g/mol. The monoisotopic (exact) mass is 567 g/mol. The molecule has 0 radical (unpaired) electrons. The normalized spacial score (nSPS) is 13.4. The van der Waals surface area contributed by atoms with Crippen molar-refractivity contribution in [1.82, 2.24) is 15.0 Å². The van der Waals surface area contributed by atoms with Gasteiger partial charge in [-0.15, -0.1) is 5.10 Å². The Morgan fingerprint density at radius 2 is 1.71 bits per heavy atom. The molecule has 0 spiro atoms. The third-order valence-corrected chi connectivity index (χ3v) is 5.41. The van der Waals surface area contributed by atoms with Crippen molar-refractivity contribution in [3.05, 3.63) is 11.9 Å². The molecule has 0 aliphatic heterocycles. The van der Waals surface area contributed by atoms with Crippen LogP contribution in [0.2, 0.25) is 0 Å². The Morgan fingerprint density at radius 3 is 2.37 bits per heavy atom. The van der Waals surface area contributed by atoms with Gasteiger partial charge in [0.05, 0.1) is 26.0 Å². The van der Waals surface area contributed by atoms with Gasteiger partial charge in [-0.3, -0.25) is 28.2 Å². The van der Waals surface area contributed by atoms with E-state index in [1.165, 1.54) is 0 Å². The molecule has 2 unspecified atom stereocenters. The first-order chi connectivity index (χ1) is 18.2. The standard InChI is InChI=1S/C21H34N3O13P/c1-17(2)24-11-18(22-23-24)12-34-21(28)5-3-7-31-9-10-33-20(27)6-4-8-36-38(29,30)37-14-19(35-16-26)13-32-15-25/h11,15-17,19H,3-10,12-14H2,1-2H3,(H,29,30). The van der Waals surface area contributed by atoms with Crippen molar-refractivity contribution in [2.75, 3.05) is 39.6 Å². The highest BCUT2D eigenvalue weighted by Gasteiger charge is 2.24. The van der Waals surface area contributed by atoms with Crippen LogP contribution in [0, 0.1) is 0 Å². The van der Waals surface area contributed by atoms with Gasteiger partial charge in [-0.05, 0) is 26.7 Å². The lowest BCUT2D eigenvalue weighted by Crippen LogP contribution is -2.24. The lowest BCUT2D eigenvalue weighted by atomic mass is 10.3. The summed E-state index contributed by atoms with van der Waals surface area (Å²) in [6, 6.07) is 0.165. The topological polar surface area (TPSA) is 201 Å². The van der Waals surface area contributed by atoms with Gasteiger partial charge in [-0.25, -0.2) is 9.25 Å². The SMILES string of the molecule is CC(C)n1cc(COC(=O)CCCOCCOC(=O)CCCOP(=O)(O)OCC(COC=O)OC=O)nn1. The second-order valence-corrected chi connectivity index (χ2v) is 9.32. The van der Waals surface area contributed by atoms with E-state index in [-0.39, 0.29) is 83.9 Å².